The highest BCUT2D eigenvalue weighted by Crippen LogP contribution is 2.11. The van der Waals surface area contributed by atoms with E-state index in [2.05, 4.69) is 10.6 Å². The Balaban J connectivity index is 1.61. The Morgan fingerprint density at radius 3 is 2.65 bits per heavy atom. The average Bonchev–Trinajstić information content (AvgIpc) is 2.75. The minimum Gasteiger partial charge on any atom is -0.352 e. The molecule has 2 N–H and O–H groups in total. The van der Waals surface area contributed by atoms with Gasteiger partial charge in [0, 0.05) is 25.6 Å². The molecule has 1 unspecified atom stereocenters. The van der Waals surface area contributed by atoms with Gasteiger partial charge < -0.3 is 10.6 Å². The van der Waals surface area contributed by atoms with Gasteiger partial charge in [-0.1, -0.05) is 30.3 Å². The van der Waals surface area contributed by atoms with Crippen molar-refractivity contribution in [2.75, 3.05) is 18.1 Å². The van der Waals surface area contributed by atoms with Crippen molar-refractivity contribution in [1.82, 2.24) is 10.6 Å². The van der Waals surface area contributed by atoms with E-state index >= 15 is 0 Å². The van der Waals surface area contributed by atoms with E-state index in [0.29, 0.717) is 19.4 Å². The fourth-order valence-corrected chi connectivity index (χ4v) is 3.91. The third-order valence-corrected chi connectivity index (χ3v) is 5.07. The smallest absolute Gasteiger partial charge is 0.221 e. The minimum atomic E-state index is -2.93. The van der Waals surface area contributed by atoms with Gasteiger partial charge in [-0.05, 0) is 12.0 Å². The Bertz CT molecular complexity index is 543. The summed E-state index contributed by atoms with van der Waals surface area (Å²) in [4.78, 5) is 11.7. The predicted molar refractivity (Wildman–Crippen MR) is 78.0 cm³/mol. The third-order valence-electron chi connectivity index (χ3n) is 3.30. The first kappa shape index (κ1) is 15.0. The molecule has 1 aromatic rings. The van der Waals surface area contributed by atoms with Crippen LogP contribution >= 0.6 is 0 Å². The van der Waals surface area contributed by atoms with Gasteiger partial charge in [0.05, 0.1) is 11.5 Å². The molecule has 0 aliphatic carbocycles. The monoisotopic (exact) mass is 296 g/mol. The van der Waals surface area contributed by atoms with Crippen LogP contribution in [-0.4, -0.2) is 38.4 Å². The second kappa shape index (κ2) is 6.85. The van der Waals surface area contributed by atoms with Gasteiger partial charge in [-0.3, -0.25) is 4.79 Å². The third kappa shape index (κ3) is 4.94. The fourth-order valence-electron chi connectivity index (χ4n) is 2.24. The van der Waals surface area contributed by atoms with E-state index in [1.807, 2.05) is 30.3 Å². The quantitative estimate of drug-likeness (QED) is 0.748. The molecule has 6 heteroatoms. The number of carbonyl (C=O) groups is 1. The zero-order chi connectivity index (χ0) is 14.4. The van der Waals surface area contributed by atoms with Crippen molar-refractivity contribution in [2.45, 2.75) is 25.4 Å². The number of hydrogen-bond acceptors (Lipinski definition) is 4. The van der Waals surface area contributed by atoms with Crippen molar-refractivity contribution in [3.05, 3.63) is 35.9 Å². The van der Waals surface area contributed by atoms with E-state index in [0.717, 1.165) is 6.54 Å². The SMILES string of the molecule is O=C(CCNCc1ccccc1)NC1CCS(=O)(=O)C1. The first-order valence-electron chi connectivity index (χ1n) is 6.79. The summed E-state index contributed by atoms with van der Waals surface area (Å²) in [5, 5.41) is 5.97. The lowest BCUT2D eigenvalue weighted by Gasteiger charge is -2.11. The summed E-state index contributed by atoms with van der Waals surface area (Å²) in [6.07, 6.45) is 0.898. The Labute approximate surface area is 119 Å². The molecule has 1 aliphatic heterocycles. The lowest BCUT2D eigenvalue weighted by molar-refractivity contribution is -0.121. The molecule has 0 radical (unpaired) electrons. The summed E-state index contributed by atoms with van der Waals surface area (Å²) in [7, 11) is -2.93. The van der Waals surface area contributed by atoms with E-state index < -0.39 is 9.84 Å². The van der Waals surface area contributed by atoms with Crippen molar-refractivity contribution >= 4 is 15.7 Å². The zero-order valence-corrected chi connectivity index (χ0v) is 12.2. The van der Waals surface area contributed by atoms with Crippen molar-refractivity contribution in [3.63, 3.8) is 0 Å². The van der Waals surface area contributed by atoms with Crippen LogP contribution in [0.3, 0.4) is 0 Å². The second-order valence-corrected chi connectivity index (χ2v) is 7.31. The fraction of sp³-hybridized carbons (Fsp3) is 0.500. The number of carbonyl (C=O) groups excluding carboxylic acids is 1. The highest BCUT2D eigenvalue weighted by molar-refractivity contribution is 7.91. The summed E-state index contributed by atoms with van der Waals surface area (Å²) >= 11 is 0. The summed E-state index contributed by atoms with van der Waals surface area (Å²) < 4.78 is 22.6. The summed E-state index contributed by atoms with van der Waals surface area (Å²) in [5.41, 5.74) is 1.18. The van der Waals surface area contributed by atoms with E-state index in [1.54, 1.807) is 0 Å². The molecule has 20 heavy (non-hydrogen) atoms. The van der Waals surface area contributed by atoms with Crippen LogP contribution in [0.15, 0.2) is 30.3 Å². The molecule has 5 nitrogen and oxygen atoms in total. The molecule has 0 aromatic heterocycles. The van der Waals surface area contributed by atoms with E-state index in [4.69, 9.17) is 0 Å². The summed E-state index contributed by atoms with van der Waals surface area (Å²) in [6.45, 7) is 1.31. The van der Waals surface area contributed by atoms with Crippen LogP contribution in [-0.2, 0) is 21.2 Å². The molecule has 0 spiro atoms. The zero-order valence-electron chi connectivity index (χ0n) is 11.3. The number of benzene rings is 1. The molecule has 0 bridgehead atoms. The van der Waals surface area contributed by atoms with Gasteiger partial charge in [0.1, 0.15) is 0 Å². The summed E-state index contributed by atoms with van der Waals surface area (Å²) in [6, 6.07) is 9.76. The van der Waals surface area contributed by atoms with Crippen LogP contribution in [0.5, 0.6) is 0 Å². The van der Waals surface area contributed by atoms with Crippen molar-refractivity contribution in [1.29, 1.82) is 0 Å². The maximum atomic E-state index is 11.7. The molecular weight excluding hydrogens is 276 g/mol. The van der Waals surface area contributed by atoms with Crippen LogP contribution in [0.2, 0.25) is 0 Å². The molecule has 1 atom stereocenters. The Morgan fingerprint density at radius 1 is 1.25 bits per heavy atom. The number of sulfone groups is 1. The van der Waals surface area contributed by atoms with E-state index in [9.17, 15) is 13.2 Å². The second-order valence-electron chi connectivity index (χ2n) is 5.08. The van der Waals surface area contributed by atoms with Crippen LogP contribution < -0.4 is 10.6 Å². The number of hydrogen-bond donors (Lipinski definition) is 2. The maximum absolute atomic E-state index is 11.7. The van der Waals surface area contributed by atoms with Gasteiger partial charge in [-0.25, -0.2) is 8.42 Å². The Hall–Kier alpha value is -1.40. The van der Waals surface area contributed by atoms with Crippen LogP contribution in [0.25, 0.3) is 0 Å². The first-order valence-corrected chi connectivity index (χ1v) is 8.62. The molecule has 1 amide bonds. The van der Waals surface area contributed by atoms with Gasteiger partial charge >= 0.3 is 0 Å². The summed E-state index contributed by atoms with van der Waals surface area (Å²) in [5.74, 6) is 0.174. The van der Waals surface area contributed by atoms with Gasteiger partial charge in [-0.2, -0.15) is 0 Å². The maximum Gasteiger partial charge on any atom is 0.221 e. The number of nitrogens with one attached hydrogen (secondary N) is 2. The van der Waals surface area contributed by atoms with E-state index in [-0.39, 0.29) is 23.5 Å². The standard InChI is InChI=1S/C14H20N2O3S/c17-14(16-13-7-9-20(18,19)11-13)6-8-15-10-12-4-2-1-3-5-12/h1-5,13,15H,6-11H2,(H,16,17). The predicted octanol–water partition coefficient (Wildman–Crippen LogP) is 0.470. The number of amides is 1. The van der Waals surface area contributed by atoms with E-state index in [1.165, 1.54) is 5.56 Å². The molecule has 1 heterocycles. The first-order chi connectivity index (χ1) is 9.55. The van der Waals surface area contributed by atoms with Crippen LogP contribution in [0.1, 0.15) is 18.4 Å². The van der Waals surface area contributed by atoms with Crippen molar-refractivity contribution in [2.24, 2.45) is 0 Å². The van der Waals surface area contributed by atoms with Gasteiger partial charge in [0.15, 0.2) is 9.84 Å². The lowest BCUT2D eigenvalue weighted by Crippen LogP contribution is -2.37. The molecule has 1 aliphatic rings. The van der Waals surface area contributed by atoms with Crippen molar-refractivity contribution < 1.29 is 13.2 Å². The van der Waals surface area contributed by atoms with Gasteiger partial charge in [-0.15, -0.1) is 0 Å². The highest BCUT2D eigenvalue weighted by Gasteiger charge is 2.28. The Kier molecular flexibility index (Phi) is 5.14. The van der Waals surface area contributed by atoms with Crippen LogP contribution in [0, 0.1) is 0 Å². The average molecular weight is 296 g/mol. The number of rotatable bonds is 6. The molecule has 1 fully saturated rings. The molecule has 1 saturated heterocycles. The molecule has 2 rings (SSSR count). The van der Waals surface area contributed by atoms with Crippen molar-refractivity contribution in [3.8, 4) is 0 Å². The molecular formula is C14H20N2O3S. The van der Waals surface area contributed by atoms with Crippen LogP contribution in [0.4, 0.5) is 0 Å². The highest BCUT2D eigenvalue weighted by atomic mass is 32.2. The minimum absolute atomic E-state index is 0.0795. The largest absolute Gasteiger partial charge is 0.352 e. The Morgan fingerprint density at radius 2 is 2.00 bits per heavy atom. The van der Waals surface area contributed by atoms with Gasteiger partial charge in [0.2, 0.25) is 5.91 Å². The molecule has 0 saturated carbocycles. The normalized spacial score (nSPS) is 20.7. The molecule has 110 valence electrons. The van der Waals surface area contributed by atoms with Gasteiger partial charge in [0.25, 0.3) is 0 Å². The topological polar surface area (TPSA) is 75.3 Å². The molecule has 1 aromatic carbocycles. The lowest BCUT2D eigenvalue weighted by atomic mass is 10.2.